The molecule has 1 saturated carbocycles. The number of aliphatic hydroxyl groups is 2. The molecule has 0 spiro atoms. The summed E-state index contributed by atoms with van der Waals surface area (Å²) in [6.45, 7) is 10.3. The number of aromatic nitrogens is 2. The molecule has 4 aromatic carbocycles. The fourth-order valence-electron chi connectivity index (χ4n) is 8.83. The number of benzene rings is 4. The van der Waals surface area contributed by atoms with E-state index < -0.39 is 0 Å². The van der Waals surface area contributed by atoms with Gasteiger partial charge in [0, 0.05) is 34.8 Å². The van der Waals surface area contributed by atoms with Crippen molar-refractivity contribution >= 4 is 29.9 Å². The lowest BCUT2D eigenvalue weighted by Crippen LogP contribution is -2.62. The van der Waals surface area contributed by atoms with Crippen LogP contribution in [0, 0.1) is 5.41 Å². The molecule has 1 heterocycles. The summed E-state index contributed by atoms with van der Waals surface area (Å²) in [5.41, 5.74) is 10.1. The minimum atomic E-state index is -0.224. The molecule has 2 aliphatic rings. The van der Waals surface area contributed by atoms with Crippen molar-refractivity contribution in [1.29, 1.82) is 0 Å². The van der Waals surface area contributed by atoms with Gasteiger partial charge >= 0.3 is 0 Å². The van der Waals surface area contributed by atoms with Gasteiger partial charge in [0.2, 0.25) is 0 Å². The Kier molecular flexibility index (Phi) is 10.3. The van der Waals surface area contributed by atoms with Crippen LogP contribution in [-0.2, 0) is 29.8 Å². The van der Waals surface area contributed by atoms with E-state index >= 15 is 0 Å². The maximum absolute atomic E-state index is 11.1. The highest BCUT2D eigenvalue weighted by molar-refractivity contribution is 7.82. The molecular weight excluding hydrogens is 641 g/mol. The predicted octanol–water partition coefficient (Wildman–Crippen LogP) is 8.94. The van der Waals surface area contributed by atoms with Crippen LogP contribution in [0.5, 0.6) is 5.75 Å². The lowest BCUT2D eigenvalue weighted by atomic mass is 9.49. The Labute approximate surface area is 302 Å². The lowest BCUT2D eigenvalue weighted by Gasteiger charge is -2.62. The molecular formula is C43H50N2O4S. The lowest BCUT2D eigenvalue weighted by molar-refractivity contribution is -0.109. The van der Waals surface area contributed by atoms with Crippen LogP contribution in [0.25, 0.3) is 33.5 Å². The predicted molar refractivity (Wildman–Crippen MR) is 206 cm³/mol. The zero-order chi connectivity index (χ0) is 35.7. The number of imidazole rings is 1. The van der Waals surface area contributed by atoms with Crippen molar-refractivity contribution in [3.8, 4) is 28.3 Å². The van der Waals surface area contributed by atoms with Crippen molar-refractivity contribution in [1.82, 2.24) is 9.55 Å². The molecule has 2 aliphatic carbocycles. The molecule has 5 aromatic rings. The van der Waals surface area contributed by atoms with E-state index in [4.69, 9.17) is 27.5 Å². The number of aldehydes is 1. The largest absolute Gasteiger partial charge is 0.486 e. The van der Waals surface area contributed by atoms with Gasteiger partial charge in [-0.3, -0.25) is 4.79 Å². The zero-order valence-corrected chi connectivity index (χ0v) is 30.8. The Morgan fingerprint density at radius 2 is 1.68 bits per heavy atom. The molecule has 1 aromatic heterocycles. The number of thiol groups is 1. The molecule has 2 N–H and O–H groups in total. The molecule has 3 atom stereocenters. The minimum Gasteiger partial charge on any atom is -0.486 e. The van der Waals surface area contributed by atoms with Crippen LogP contribution < -0.4 is 4.74 Å². The van der Waals surface area contributed by atoms with Crippen LogP contribution in [-0.4, -0.2) is 44.5 Å². The van der Waals surface area contributed by atoms with Crippen molar-refractivity contribution in [2.45, 2.75) is 89.0 Å². The van der Waals surface area contributed by atoms with E-state index in [2.05, 4.69) is 80.8 Å². The summed E-state index contributed by atoms with van der Waals surface area (Å²) in [6, 6.07) is 29.7. The Morgan fingerprint density at radius 1 is 0.920 bits per heavy atom. The number of aliphatic hydroxyl groups excluding tert-OH is 2. The van der Waals surface area contributed by atoms with Crippen molar-refractivity contribution in [3.05, 3.63) is 107 Å². The summed E-state index contributed by atoms with van der Waals surface area (Å²) in [4.78, 5) is 16.4. The van der Waals surface area contributed by atoms with E-state index in [0.29, 0.717) is 11.7 Å². The molecule has 50 heavy (non-hydrogen) atoms. The number of ether oxygens (including phenoxy) is 1. The maximum atomic E-state index is 11.1. The second-order valence-corrected chi connectivity index (χ2v) is 15.5. The van der Waals surface area contributed by atoms with Gasteiger partial charge in [-0.25, -0.2) is 4.98 Å². The first-order chi connectivity index (χ1) is 24.1. The second kappa shape index (κ2) is 14.4. The molecule has 7 heteroatoms. The molecule has 0 amide bonds. The van der Waals surface area contributed by atoms with Crippen molar-refractivity contribution in [2.75, 3.05) is 13.7 Å². The SMILES string of the molecule is CC(C)c1ccc2c(c1)CC[C@@]1(S)C(C)(Cn3c(-c4cccc(OCC=O)c4)nc4cc(-c5cccc(CO)c5)ccc43)CCCC21C.CO. The molecule has 7 rings (SSSR count). The number of rotatable bonds is 9. The average Bonchev–Trinajstić information content (AvgIpc) is 3.49. The number of hydrogen-bond donors (Lipinski definition) is 3. The fraction of sp³-hybridized carbons (Fsp3) is 0.395. The average molecular weight is 691 g/mol. The summed E-state index contributed by atoms with van der Waals surface area (Å²) in [5, 5.41) is 16.8. The molecule has 0 aliphatic heterocycles. The van der Waals surface area contributed by atoms with Gasteiger partial charge in [0.15, 0.2) is 6.29 Å². The van der Waals surface area contributed by atoms with E-state index in [9.17, 15) is 9.90 Å². The quantitative estimate of drug-likeness (QED) is 0.106. The van der Waals surface area contributed by atoms with Gasteiger partial charge < -0.3 is 19.5 Å². The van der Waals surface area contributed by atoms with Gasteiger partial charge in [-0.2, -0.15) is 12.6 Å². The summed E-state index contributed by atoms with van der Waals surface area (Å²) in [6.07, 6.45) is 6.19. The van der Waals surface area contributed by atoms with Gasteiger partial charge in [0.25, 0.3) is 0 Å². The van der Waals surface area contributed by atoms with Crippen LogP contribution in [0.15, 0.2) is 84.9 Å². The number of carbonyl (C=O) groups excluding carboxylic acids is 1. The first-order valence-electron chi connectivity index (χ1n) is 17.8. The Hall–Kier alpha value is -3.91. The Balaban J connectivity index is 0.00000212. The Bertz CT molecular complexity index is 2000. The van der Waals surface area contributed by atoms with Gasteiger partial charge in [0.1, 0.15) is 18.2 Å². The third-order valence-electron chi connectivity index (χ3n) is 11.6. The first kappa shape index (κ1) is 35.9. The number of nitrogens with zero attached hydrogens (tertiary/aromatic N) is 2. The summed E-state index contributed by atoms with van der Waals surface area (Å²) in [5.74, 6) is 2.04. The number of fused-ring (bicyclic) bond motifs is 4. The topological polar surface area (TPSA) is 84.6 Å². The fourth-order valence-corrected chi connectivity index (χ4v) is 9.36. The number of carbonyl (C=O) groups is 1. The highest BCUT2D eigenvalue weighted by Crippen LogP contribution is 2.64. The van der Waals surface area contributed by atoms with E-state index in [-0.39, 0.29) is 28.8 Å². The summed E-state index contributed by atoms with van der Waals surface area (Å²) in [7, 11) is 1.00. The van der Waals surface area contributed by atoms with E-state index in [0.717, 1.165) is 91.2 Å². The van der Waals surface area contributed by atoms with Crippen molar-refractivity contribution in [2.24, 2.45) is 5.41 Å². The van der Waals surface area contributed by atoms with Gasteiger partial charge in [0.05, 0.1) is 17.6 Å². The minimum absolute atomic E-state index is 0.00369. The molecule has 2 unspecified atom stereocenters. The first-order valence-corrected chi connectivity index (χ1v) is 18.2. The summed E-state index contributed by atoms with van der Waals surface area (Å²) < 4.78 is 7.90. The molecule has 6 nitrogen and oxygen atoms in total. The maximum Gasteiger partial charge on any atom is 0.157 e. The number of hydrogen-bond acceptors (Lipinski definition) is 6. The van der Waals surface area contributed by atoms with Crippen molar-refractivity contribution in [3.63, 3.8) is 0 Å². The molecule has 1 fully saturated rings. The van der Waals surface area contributed by atoms with E-state index in [1.165, 1.54) is 16.7 Å². The van der Waals surface area contributed by atoms with Crippen LogP contribution in [0.4, 0.5) is 0 Å². The Morgan fingerprint density at radius 3 is 2.44 bits per heavy atom. The highest BCUT2D eigenvalue weighted by Gasteiger charge is 2.61. The van der Waals surface area contributed by atoms with Crippen LogP contribution >= 0.6 is 12.6 Å². The van der Waals surface area contributed by atoms with Gasteiger partial charge in [-0.1, -0.05) is 88.7 Å². The van der Waals surface area contributed by atoms with Crippen LogP contribution in [0.1, 0.15) is 81.5 Å². The smallest absolute Gasteiger partial charge is 0.157 e. The monoisotopic (exact) mass is 690 g/mol. The van der Waals surface area contributed by atoms with E-state index in [1.807, 2.05) is 36.4 Å². The van der Waals surface area contributed by atoms with Crippen LogP contribution in [0.3, 0.4) is 0 Å². The van der Waals surface area contributed by atoms with Crippen LogP contribution in [0.2, 0.25) is 0 Å². The molecule has 262 valence electrons. The third-order valence-corrected chi connectivity index (χ3v) is 12.8. The molecule has 0 bridgehead atoms. The van der Waals surface area contributed by atoms with E-state index in [1.54, 1.807) is 0 Å². The summed E-state index contributed by atoms with van der Waals surface area (Å²) >= 11 is 5.79. The highest BCUT2D eigenvalue weighted by atomic mass is 32.1. The second-order valence-electron chi connectivity index (χ2n) is 14.8. The molecule has 0 radical (unpaired) electrons. The van der Waals surface area contributed by atoms with Crippen molar-refractivity contribution < 1.29 is 19.7 Å². The standard InChI is InChI=1S/C42H46N2O3S.CH4O/c1-28(2)30-12-14-36-33(23-30)16-19-42(48)40(3,17-7-18-41(36,42)4)27-44-38-15-13-32(31-9-5-8-29(22-31)26-46)25-37(38)43-39(44)34-10-6-11-35(24-34)47-21-20-45;1-2/h5-6,8-15,20,22-25,28,46,48H,7,16-19,21,26-27H2,1-4H3;2H,1H3/t40?,41?,42-;/m1./s1. The number of aryl methyl sites for hydroxylation is 1. The normalized spacial score (nSPS) is 22.7. The zero-order valence-electron chi connectivity index (χ0n) is 29.9. The van der Waals surface area contributed by atoms with Gasteiger partial charge in [-0.05, 0) is 95.3 Å². The molecule has 0 saturated heterocycles. The third kappa shape index (κ3) is 6.18. The van der Waals surface area contributed by atoms with Gasteiger partial charge in [-0.15, -0.1) is 0 Å².